The van der Waals surface area contributed by atoms with Gasteiger partial charge in [-0.3, -0.25) is 0 Å². The molecular weight excluding hydrogens is 188 g/mol. The van der Waals surface area contributed by atoms with Crippen LogP contribution in [0.2, 0.25) is 0 Å². The lowest BCUT2D eigenvalue weighted by Crippen LogP contribution is -2.11. The molecule has 2 heteroatoms. The fourth-order valence-corrected chi connectivity index (χ4v) is 1.27. The number of para-hydroxylation sites is 1. The summed E-state index contributed by atoms with van der Waals surface area (Å²) < 4.78 is 5.29. The Morgan fingerprint density at radius 3 is 2.33 bits per heavy atom. The second-order valence-corrected chi connectivity index (χ2v) is 3.57. The van der Waals surface area contributed by atoms with E-state index in [4.69, 9.17) is 4.74 Å². The van der Waals surface area contributed by atoms with Gasteiger partial charge in [0.15, 0.2) is 0 Å². The lowest BCUT2D eigenvalue weighted by Gasteiger charge is -2.10. The van der Waals surface area contributed by atoms with Crippen LogP contribution in [0, 0.1) is 13.8 Å². The molecule has 0 unspecified atom stereocenters. The summed E-state index contributed by atoms with van der Waals surface area (Å²) in [6, 6.07) is 5.78. The van der Waals surface area contributed by atoms with Crippen molar-refractivity contribution >= 4 is 5.97 Å². The quantitative estimate of drug-likeness (QED) is 0.429. The summed E-state index contributed by atoms with van der Waals surface area (Å²) >= 11 is 0. The Hall–Kier alpha value is -1.57. The van der Waals surface area contributed by atoms with Crippen LogP contribution in [0.25, 0.3) is 0 Å². The number of ether oxygens (including phenoxy) is 1. The van der Waals surface area contributed by atoms with Gasteiger partial charge < -0.3 is 4.74 Å². The normalized spacial score (nSPS) is 9.80. The first-order valence-corrected chi connectivity index (χ1v) is 5.02. The van der Waals surface area contributed by atoms with Crippen LogP contribution in [-0.2, 0) is 4.79 Å². The summed E-state index contributed by atoms with van der Waals surface area (Å²) in [5.74, 6) is 0.312. The Balaban J connectivity index is 2.90. The molecule has 0 amide bonds. The van der Waals surface area contributed by atoms with E-state index < -0.39 is 0 Å². The highest BCUT2D eigenvalue weighted by atomic mass is 16.5. The Kier molecular flexibility index (Phi) is 3.67. The zero-order chi connectivity index (χ0) is 11.4. The molecule has 1 rings (SSSR count). The van der Waals surface area contributed by atoms with Gasteiger partial charge in [0.2, 0.25) is 0 Å². The summed E-state index contributed by atoms with van der Waals surface area (Å²) in [6.45, 7) is 9.38. The van der Waals surface area contributed by atoms with Crippen LogP contribution < -0.4 is 4.74 Å². The van der Waals surface area contributed by atoms with Crippen LogP contribution in [0.1, 0.15) is 24.5 Å². The minimum Gasteiger partial charge on any atom is -0.423 e. The number of benzene rings is 1. The van der Waals surface area contributed by atoms with Gasteiger partial charge in [-0.05, 0) is 31.4 Å². The highest BCUT2D eigenvalue weighted by molar-refractivity contribution is 5.89. The Labute approximate surface area is 90.6 Å². The maximum absolute atomic E-state index is 11.5. The van der Waals surface area contributed by atoms with Crippen LogP contribution >= 0.6 is 0 Å². The molecule has 0 saturated carbocycles. The van der Waals surface area contributed by atoms with E-state index in [1.807, 2.05) is 39.0 Å². The molecule has 0 N–H and O–H groups in total. The summed E-state index contributed by atoms with van der Waals surface area (Å²) in [6.07, 6.45) is 0.615. The van der Waals surface area contributed by atoms with E-state index >= 15 is 0 Å². The van der Waals surface area contributed by atoms with Crippen LogP contribution in [0.3, 0.4) is 0 Å². The zero-order valence-corrected chi connectivity index (χ0v) is 9.46. The first-order chi connectivity index (χ1) is 7.06. The monoisotopic (exact) mass is 204 g/mol. The minimum atomic E-state index is -0.338. The molecule has 0 fully saturated rings. The summed E-state index contributed by atoms with van der Waals surface area (Å²) in [5, 5.41) is 0. The molecule has 80 valence electrons. The number of esters is 1. The molecule has 0 aliphatic heterocycles. The van der Waals surface area contributed by atoms with E-state index in [2.05, 4.69) is 6.58 Å². The average molecular weight is 204 g/mol. The van der Waals surface area contributed by atoms with Crippen molar-refractivity contribution in [3.63, 3.8) is 0 Å². The van der Waals surface area contributed by atoms with Gasteiger partial charge in [0.1, 0.15) is 5.75 Å². The molecule has 0 spiro atoms. The predicted octanol–water partition coefficient (Wildman–Crippen LogP) is 3.18. The smallest absolute Gasteiger partial charge is 0.338 e. The number of rotatable bonds is 3. The predicted molar refractivity (Wildman–Crippen MR) is 61.0 cm³/mol. The average Bonchev–Trinajstić information content (AvgIpc) is 2.22. The Bertz CT molecular complexity index is 371. The van der Waals surface area contributed by atoms with E-state index in [0.29, 0.717) is 17.7 Å². The molecule has 15 heavy (non-hydrogen) atoms. The van der Waals surface area contributed by atoms with E-state index in [0.717, 1.165) is 11.1 Å². The van der Waals surface area contributed by atoms with Crippen molar-refractivity contribution in [3.8, 4) is 5.75 Å². The van der Waals surface area contributed by atoms with Crippen LogP contribution in [0.15, 0.2) is 30.4 Å². The van der Waals surface area contributed by atoms with Gasteiger partial charge in [-0.25, -0.2) is 4.79 Å². The summed E-state index contributed by atoms with van der Waals surface area (Å²) in [7, 11) is 0. The van der Waals surface area contributed by atoms with Gasteiger partial charge >= 0.3 is 5.97 Å². The molecule has 1 aromatic carbocycles. The molecule has 2 nitrogen and oxygen atoms in total. The van der Waals surface area contributed by atoms with Crippen molar-refractivity contribution in [1.82, 2.24) is 0 Å². The number of hydrogen-bond donors (Lipinski definition) is 0. The fourth-order valence-electron chi connectivity index (χ4n) is 1.27. The third-order valence-corrected chi connectivity index (χ3v) is 2.32. The molecule has 0 aliphatic carbocycles. The maximum Gasteiger partial charge on any atom is 0.338 e. The van der Waals surface area contributed by atoms with Crippen molar-refractivity contribution in [2.45, 2.75) is 27.2 Å². The van der Waals surface area contributed by atoms with Crippen molar-refractivity contribution < 1.29 is 9.53 Å². The standard InChI is InChI=1S/C13H16O2/c1-5-9(2)13(14)15-12-10(3)7-6-8-11(12)4/h6-8H,2,5H2,1,3-4H3. The molecule has 0 radical (unpaired) electrons. The highest BCUT2D eigenvalue weighted by Crippen LogP contribution is 2.23. The third-order valence-electron chi connectivity index (χ3n) is 2.32. The molecule has 0 atom stereocenters. The summed E-state index contributed by atoms with van der Waals surface area (Å²) in [5.41, 5.74) is 2.43. The molecule has 0 aliphatic rings. The van der Waals surface area contributed by atoms with Gasteiger partial charge in [0.05, 0.1) is 0 Å². The highest BCUT2D eigenvalue weighted by Gasteiger charge is 2.11. The zero-order valence-electron chi connectivity index (χ0n) is 9.46. The van der Waals surface area contributed by atoms with Crippen molar-refractivity contribution in [1.29, 1.82) is 0 Å². The van der Waals surface area contributed by atoms with Crippen molar-refractivity contribution in [2.24, 2.45) is 0 Å². The lowest BCUT2D eigenvalue weighted by molar-refractivity contribution is -0.130. The second kappa shape index (κ2) is 4.78. The largest absolute Gasteiger partial charge is 0.423 e. The van der Waals surface area contributed by atoms with Crippen molar-refractivity contribution in [2.75, 3.05) is 0 Å². The number of carbonyl (C=O) groups excluding carboxylic acids is 1. The Morgan fingerprint density at radius 2 is 1.87 bits per heavy atom. The van der Waals surface area contributed by atoms with Gasteiger partial charge in [-0.15, -0.1) is 0 Å². The van der Waals surface area contributed by atoms with Crippen LogP contribution in [-0.4, -0.2) is 5.97 Å². The maximum atomic E-state index is 11.5. The molecule has 0 aromatic heterocycles. The van der Waals surface area contributed by atoms with E-state index in [1.165, 1.54) is 0 Å². The number of carbonyl (C=O) groups is 1. The minimum absolute atomic E-state index is 0.338. The van der Waals surface area contributed by atoms with E-state index in [-0.39, 0.29) is 5.97 Å². The fraction of sp³-hybridized carbons (Fsp3) is 0.308. The van der Waals surface area contributed by atoms with E-state index in [9.17, 15) is 4.79 Å². The molecule has 1 aromatic rings. The number of hydrogen-bond acceptors (Lipinski definition) is 2. The van der Waals surface area contributed by atoms with Crippen LogP contribution in [0.5, 0.6) is 5.75 Å². The molecule has 0 bridgehead atoms. The molecule has 0 saturated heterocycles. The van der Waals surface area contributed by atoms with E-state index in [1.54, 1.807) is 0 Å². The molecule has 0 heterocycles. The number of aryl methyl sites for hydroxylation is 2. The topological polar surface area (TPSA) is 26.3 Å². The van der Waals surface area contributed by atoms with Gasteiger partial charge in [0, 0.05) is 5.57 Å². The Morgan fingerprint density at radius 1 is 1.33 bits per heavy atom. The van der Waals surface area contributed by atoms with Crippen molar-refractivity contribution in [3.05, 3.63) is 41.5 Å². The first-order valence-electron chi connectivity index (χ1n) is 5.02. The SMILES string of the molecule is C=C(CC)C(=O)Oc1c(C)cccc1C. The summed E-state index contributed by atoms with van der Waals surface area (Å²) in [4.78, 5) is 11.5. The second-order valence-electron chi connectivity index (χ2n) is 3.57. The van der Waals surface area contributed by atoms with Gasteiger partial charge in [-0.1, -0.05) is 31.7 Å². The lowest BCUT2D eigenvalue weighted by atomic mass is 10.1. The van der Waals surface area contributed by atoms with Gasteiger partial charge in [-0.2, -0.15) is 0 Å². The van der Waals surface area contributed by atoms with Gasteiger partial charge in [0.25, 0.3) is 0 Å². The third kappa shape index (κ3) is 2.69. The molecular formula is C13H16O2. The van der Waals surface area contributed by atoms with Crippen LogP contribution in [0.4, 0.5) is 0 Å². The first kappa shape index (κ1) is 11.5.